The molecule has 0 radical (unpaired) electrons. The largest absolute Gasteiger partial charge is 1.00 e. The number of alkyl halides is 1. The van der Waals surface area contributed by atoms with Crippen LogP contribution in [0.4, 0.5) is 0 Å². The monoisotopic (exact) mass is 694 g/mol. The average Bonchev–Trinajstić information content (AvgIpc) is 3.56. The van der Waals surface area contributed by atoms with Crippen LogP contribution in [0.3, 0.4) is 0 Å². The van der Waals surface area contributed by atoms with Gasteiger partial charge in [0.25, 0.3) is 0 Å². The molecule has 0 aliphatic heterocycles. The first kappa shape index (κ1) is 32.5. The Kier molecular flexibility index (Phi) is 10.7. The zero-order chi connectivity index (χ0) is 27.8. The van der Waals surface area contributed by atoms with Crippen molar-refractivity contribution in [2.45, 2.75) is 37.4 Å². The van der Waals surface area contributed by atoms with E-state index in [-0.39, 0.29) is 35.8 Å². The quantitative estimate of drug-likeness (QED) is 0.140. The number of hydrogen-bond acceptors (Lipinski definition) is 3. The molecule has 2 aliphatic carbocycles. The summed E-state index contributed by atoms with van der Waals surface area (Å²) in [7, 11) is -3.11. The second kappa shape index (κ2) is 13.9. The first-order chi connectivity index (χ1) is 19.4. The van der Waals surface area contributed by atoms with Gasteiger partial charge in [0.1, 0.15) is 0 Å². The minimum Gasteiger partial charge on any atom is -1.00 e. The maximum Gasteiger partial charge on any atom is 1.00 e. The first-order valence-electron chi connectivity index (χ1n) is 13.7. The Morgan fingerprint density at radius 1 is 0.500 bits per heavy atom. The number of rotatable bonds is 0. The molecule has 7 heteroatoms. The van der Waals surface area contributed by atoms with Crippen LogP contribution in [0.15, 0.2) is 97.1 Å². The van der Waals surface area contributed by atoms with Crippen LogP contribution < -0.4 is 35.8 Å². The Balaban J connectivity index is 0.000000165. The maximum atomic E-state index is 8.44. The predicted molar refractivity (Wildman–Crippen MR) is 169 cm³/mol. The fourth-order valence-corrected chi connectivity index (χ4v) is 7.44. The van der Waals surface area contributed by atoms with Crippen molar-refractivity contribution in [3.05, 3.63) is 119 Å². The number of halogens is 2. The molecule has 6 aromatic carbocycles. The van der Waals surface area contributed by atoms with Crippen molar-refractivity contribution in [2.75, 3.05) is 0 Å². The van der Waals surface area contributed by atoms with Gasteiger partial charge < -0.3 is 17.0 Å². The minimum absolute atomic E-state index is 0. The molecular formula is C35H29Br2LiO3S. The van der Waals surface area contributed by atoms with Gasteiger partial charge in [-0.3, -0.25) is 0 Å². The van der Waals surface area contributed by atoms with Gasteiger partial charge in [0.15, 0.2) is 0 Å². The fourth-order valence-electron chi connectivity index (χ4n) is 6.79. The van der Waals surface area contributed by atoms with E-state index >= 15 is 0 Å². The molecule has 0 N–H and O–H groups in total. The molecule has 0 fully saturated rings. The van der Waals surface area contributed by atoms with Crippen molar-refractivity contribution < 1.29 is 48.5 Å². The van der Waals surface area contributed by atoms with Crippen molar-refractivity contribution >= 4 is 69.6 Å². The summed E-state index contributed by atoms with van der Waals surface area (Å²) in [4.78, 5) is 0.599. The average molecular weight is 696 g/mol. The van der Waals surface area contributed by atoms with Crippen molar-refractivity contribution in [1.29, 1.82) is 0 Å². The van der Waals surface area contributed by atoms with Crippen LogP contribution in [0, 0.1) is 5.92 Å². The van der Waals surface area contributed by atoms with E-state index in [4.69, 9.17) is 12.6 Å². The number of benzene rings is 6. The molecule has 3 nitrogen and oxygen atoms in total. The van der Waals surface area contributed by atoms with E-state index in [9.17, 15) is 0 Å². The van der Waals surface area contributed by atoms with E-state index in [0.717, 1.165) is 18.8 Å². The number of fused-ring (bicyclic) bond motifs is 12. The SMILES string of the molecule is BrC1Cc2c(c3ccccc3c3ccccc23)C1.CC1Cc2c(c3ccccc3c3ccccc23)C1.O=S(=O)=O.[Br-].[Li+]. The van der Waals surface area contributed by atoms with E-state index in [1.807, 2.05) is 0 Å². The summed E-state index contributed by atoms with van der Waals surface area (Å²) in [6.45, 7) is 2.36. The van der Waals surface area contributed by atoms with Crippen LogP contribution >= 0.6 is 15.9 Å². The van der Waals surface area contributed by atoms with Gasteiger partial charge in [-0.15, -0.1) is 12.6 Å². The Morgan fingerprint density at radius 2 is 0.714 bits per heavy atom. The van der Waals surface area contributed by atoms with E-state index < -0.39 is 10.6 Å². The third-order valence-corrected chi connectivity index (χ3v) is 8.92. The first-order valence-corrected chi connectivity index (χ1v) is 15.6. The zero-order valence-corrected chi connectivity index (χ0v) is 27.6. The molecule has 0 amide bonds. The predicted octanol–water partition coefficient (Wildman–Crippen LogP) is 2.59. The zero-order valence-electron chi connectivity index (χ0n) is 23.6. The molecule has 0 saturated carbocycles. The molecular weight excluding hydrogens is 667 g/mol. The molecule has 0 aromatic heterocycles. The minimum atomic E-state index is -3.11. The fraction of sp³-hybridized carbons (Fsp3) is 0.200. The summed E-state index contributed by atoms with van der Waals surface area (Å²) in [6, 6.07) is 35.4. The standard InChI is InChI=1S/C18H16.C17H13Br.BrH.Li.O3S/c1-12-10-17-15-8-4-2-6-13(15)14-7-3-5-9-16(14)18(17)11-12;18-11-9-16-14-7-3-1-5-12(14)13-6-2-4-8-15(13)17(16)10-11;;;1-4(2)3/h2-9,12H,10-11H2,1H3;1-8,11H,9-10H2;1H;;/q;;;+1;/p-1. The summed E-state index contributed by atoms with van der Waals surface area (Å²) in [5, 5.41) is 11.4. The third kappa shape index (κ3) is 6.25. The number of hydrogen-bond donors (Lipinski definition) is 0. The van der Waals surface area contributed by atoms with E-state index in [1.54, 1.807) is 22.3 Å². The smallest absolute Gasteiger partial charge is 1.00 e. The van der Waals surface area contributed by atoms with Gasteiger partial charge >= 0.3 is 29.5 Å². The van der Waals surface area contributed by atoms with Crippen LogP contribution in [-0.4, -0.2) is 17.5 Å². The normalized spacial score (nSPS) is 13.8. The van der Waals surface area contributed by atoms with Crippen molar-refractivity contribution in [3.63, 3.8) is 0 Å². The van der Waals surface area contributed by atoms with Gasteiger partial charge in [-0.25, -0.2) is 0 Å². The van der Waals surface area contributed by atoms with Gasteiger partial charge in [-0.2, -0.15) is 0 Å². The molecule has 2 aliphatic rings. The third-order valence-electron chi connectivity index (χ3n) is 8.27. The molecule has 0 spiro atoms. The van der Waals surface area contributed by atoms with Gasteiger partial charge in [0, 0.05) is 4.83 Å². The summed E-state index contributed by atoms with van der Waals surface area (Å²) in [5.74, 6) is 0.786. The van der Waals surface area contributed by atoms with Crippen LogP contribution in [0.25, 0.3) is 43.1 Å². The van der Waals surface area contributed by atoms with Crippen molar-refractivity contribution in [1.82, 2.24) is 0 Å². The maximum absolute atomic E-state index is 8.44. The second-order valence-electron chi connectivity index (χ2n) is 10.8. The van der Waals surface area contributed by atoms with E-state index in [1.165, 1.54) is 55.9 Å². The Bertz CT molecular complexity index is 1760. The summed E-state index contributed by atoms with van der Waals surface area (Å²) in [6.07, 6.45) is 4.78. The van der Waals surface area contributed by atoms with Gasteiger partial charge in [0.2, 0.25) is 0 Å². The van der Waals surface area contributed by atoms with Gasteiger partial charge in [0.05, 0.1) is 0 Å². The molecule has 8 rings (SSSR count). The topological polar surface area (TPSA) is 51.2 Å². The summed E-state index contributed by atoms with van der Waals surface area (Å²) >= 11 is 3.79. The second-order valence-corrected chi connectivity index (χ2v) is 12.5. The van der Waals surface area contributed by atoms with Crippen molar-refractivity contribution in [3.8, 4) is 0 Å². The van der Waals surface area contributed by atoms with Gasteiger partial charge in [-0.1, -0.05) is 120 Å². The van der Waals surface area contributed by atoms with E-state index in [2.05, 4.69) is 120 Å². The van der Waals surface area contributed by atoms with Crippen LogP contribution in [0.5, 0.6) is 0 Å². The van der Waals surface area contributed by atoms with Crippen LogP contribution in [-0.2, 0) is 36.3 Å². The van der Waals surface area contributed by atoms with Crippen LogP contribution in [0.1, 0.15) is 29.2 Å². The molecule has 0 bridgehead atoms. The van der Waals surface area contributed by atoms with Crippen LogP contribution in [0.2, 0.25) is 0 Å². The molecule has 0 unspecified atom stereocenters. The van der Waals surface area contributed by atoms with Crippen molar-refractivity contribution in [2.24, 2.45) is 5.92 Å². The molecule has 42 heavy (non-hydrogen) atoms. The Hall–Kier alpha value is -2.46. The summed E-state index contributed by atoms with van der Waals surface area (Å²) in [5.41, 5.74) is 6.28. The van der Waals surface area contributed by atoms with E-state index in [0.29, 0.717) is 4.83 Å². The molecule has 0 heterocycles. The molecule has 208 valence electrons. The van der Waals surface area contributed by atoms with Gasteiger partial charge in [-0.05, 0) is 96.9 Å². The Morgan fingerprint density at radius 3 is 0.976 bits per heavy atom. The Labute approximate surface area is 278 Å². The molecule has 6 aromatic rings. The molecule has 0 atom stereocenters. The molecule has 0 saturated heterocycles. The summed E-state index contributed by atoms with van der Waals surface area (Å²) < 4.78 is 25.3.